The van der Waals surface area contributed by atoms with Crippen LogP contribution in [0, 0.1) is 0 Å². The van der Waals surface area contributed by atoms with Crippen LogP contribution in [0.1, 0.15) is 25.0 Å². The fraction of sp³-hybridized carbons (Fsp3) is 0.0857. The number of para-hydroxylation sites is 2. The van der Waals surface area contributed by atoms with E-state index in [9.17, 15) is 0 Å². The number of H-pyrrole nitrogens is 1. The van der Waals surface area contributed by atoms with Crippen molar-refractivity contribution in [1.29, 1.82) is 0 Å². The van der Waals surface area contributed by atoms with Crippen LogP contribution in [0.2, 0.25) is 0 Å². The van der Waals surface area contributed by atoms with Gasteiger partial charge in [-0.05, 0) is 64.7 Å². The van der Waals surface area contributed by atoms with Gasteiger partial charge < -0.3 is 9.55 Å². The number of aromatic nitrogens is 2. The quantitative estimate of drug-likeness (QED) is 0.258. The van der Waals surface area contributed by atoms with E-state index in [2.05, 4.69) is 139 Å². The van der Waals surface area contributed by atoms with Crippen LogP contribution in [0.5, 0.6) is 0 Å². The molecule has 1 aliphatic carbocycles. The second kappa shape index (κ2) is 7.24. The molecule has 8 rings (SSSR count). The zero-order valence-electron chi connectivity index (χ0n) is 20.9. The third-order valence-electron chi connectivity index (χ3n) is 8.31. The van der Waals surface area contributed by atoms with Crippen LogP contribution in [-0.4, -0.2) is 9.55 Å². The highest BCUT2D eigenvalue weighted by atomic mass is 15.0. The van der Waals surface area contributed by atoms with Crippen LogP contribution < -0.4 is 0 Å². The first-order valence-corrected chi connectivity index (χ1v) is 13.0. The Labute approximate surface area is 215 Å². The van der Waals surface area contributed by atoms with E-state index in [4.69, 9.17) is 0 Å². The van der Waals surface area contributed by atoms with Gasteiger partial charge in [-0.1, -0.05) is 86.6 Å². The molecule has 5 aromatic carbocycles. The number of fused-ring (bicyclic) bond motifs is 8. The summed E-state index contributed by atoms with van der Waals surface area (Å²) in [7, 11) is 0. The molecular weight excluding hydrogens is 448 g/mol. The van der Waals surface area contributed by atoms with Crippen LogP contribution in [0.25, 0.3) is 60.8 Å². The van der Waals surface area contributed by atoms with Gasteiger partial charge in [-0.3, -0.25) is 0 Å². The molecule has 0 spiro atoms. The molecule has 2 nitrogen and oxygen atoms in total. The minimum Gasteiger partial charge on any atom is -0.354 e. The van der Waals surface area contributed by atoms with Crippen molar-refractivity contribution < 1.29 is 0 Å². The second-order valence-electron chi connectivity index (χ2n) is 10.7. The molecule has 0 amide bonds. The van der Waals surface area contributed by atoms with Gasteiger partial charge in [-0.25, -0.2) is 0 Å². The maximum Gasteiger partial charge on any atom is 0.0541 e. The van der Waals surface area contributed by atoms with Gasteiger partial charge >= 0.3 is 0 Å². The van der Waals surface area contributed by atoms with E-state index in [1.165, 1.54) is 71.9 Å². The van der Waals surface area contributed by atoms with Gasteiger partial charge in [0.2, 0.25) is 0 Å². The molecule has 0 fully saturated rings. The molecular formula is C35H26N2. The Bertz CT molecular complexity index is 2000. The molecule has 2 heteroatoms. The zero-order chi connectivity index (χ0) is 24.7. The Morgan fingerprint density at radius 3 is 2.14 bits per heavy atom. The maximum absolute atomic E-state index is 3.74. The summed E-state index contributed by atoms with van der Waals surface area (Å²) in [5, 5.41) is 3.88. The molecule has 0 radical (unpaired) electrons. The zero-order valence-corrected chi connectivity index (χ0v) is 20.9. The van der Waals surface area contributed by atoms with E-state index in [0.29, 0.717) is 0 Å². The van der Waals surface area contributed by atoms with E-state index in [1.54, 1.807) is 0 Å². The third kappa shape index (κ3) is 2.76. The third-order valence-corrected chi connectivity index (χ3v) is 8.31. The largest absolute Gasteiger partial charge is 0.354 e. The summed E-state index contributed by atoms with van der Waals surface area (Å²) in [4.78, 5) is 3.74. The first kappa shape index (κ1) is 20.6. The Hall–Kier alpha value is -4.56. The molecule has 0 unspecified atom stereocenters. The monoisotopic (exact) mass is 474 g/mol. The molecule has 1 aliphatic rings. The molecule has 2 heterocycles. The normalized spacial score (nSPS) is 13.9. The molecule has 0 saturated heterocycles. The molecule has 176 valence electrons. The summed E-state index contributed by atoms with van der Waals surface area (Å²) in [6.45, 7) is 4.70. The van der Waals surface area contributed by atoms with Gasteiger partial charge in [0, 0.05) is 38.3 Å². The highest BCUT2D eigenvalue weighted by Gasteiger charge is 2.38. The Morgan fingerprint density at radius 2 is 1.27 bits per heavy atom. The van der Waals surface area contributed by atoms with E-state index in [0.717, 1.165) is 0 Å². The molecule has 0 atom stereocenters. The molecule has 37 heavy (non-hydrogen) atoms. The molecule has 0 saturated carbocycles. The van der Waals surface area contributed by atoms with E-state index < -0.39 is 0 Å². The molecule has 2 aromatic heterocycles. The summed E-state index contributed by atoms with van der Waals surface area (Å²) < 4.78 is 2.37. The molecule has 7 aromatic rings. The number of hydrogen-bond acceptors (Lipinski definition) is 0. The topological polar surface area (TPSA) is 20.7 Å². The van der Waals surface area contributed by atoms with Gasteiger partial charge in [0.1, 0.15) is 0 Å². The van der Waals surface area contributed by atoms with Crippen molar-refractivity contribution in [2.45, 2.75) is 19.3 Å². The highest BCUT2D eigenvalue weighted by molar-refractivity contribution is 6.10. The lowest BCUT2D eigenvalue weighted by atomic mass is 9.81. The average molecular weight is 475 g/mol. The van der Waals surface area contributed by atoms with Crippen molar-refractivity contribution in [2.75, 3.05) is 0 Å². The van der Waals surface area contributed by atoms with Crippen molar-refractivity contribution in [3.63, 3.8) is 0 Å². The standard InChI is InChI=1S/C35H26N2/c1-35(2)29-14-8-6-13-26(29)34-33(35)28-21-22(16-18-30(28)36-34)23-17-19-32-27(20-23)25-12-7-9-15-31(25)37(32)24-10-4-3-5-11-24/h3-21,36H,1-2H3. The lowest BCUT2D eigenvalue weighted by Crippen LogP contribution is -2.14. The Morgan fingerprint density at radius 1 is 0.595 bits per heavy atom. The van der Waals surface area contributed by atoms with E-state index in [1.807, 2.05) is 0 Å². The first-order valence-electron chi connectivity index (χ1n) is 13.0. The van der Waals surface area contributed by atoms with Crippen molar-refractivity contribution in [3.8, 4) is 28.1 Å². The summed E-state index contributed by atoms with van der Waals surface area (Å²) in [5.74, 6) is 0. The lowest BCUT2D eigenvalue weighted by molar-refractivity contribution is 0.666. The summed E-state index contributed by atoms with van der Waals surface area (Å²) in [6, 6.07) is 42.0. The van der Waals surface area contributed by atoms with Crippen LogP contribution in [-0.2, 0) is 5.41 Å². The van der Waals surface area contributed by atoms with Crippen LogP contribution in [0.4, 0.5) is 0 Å². The summed E-state index contributed by atoms with van der Waals surface area (Å²) >= 11 is 0. The number of rotatable bonds is 2. The van der Waals surface area contributed by atoms with Crippen LogP contribution in [0.3, 0.4) is 0 Å². The first-order chi connectivity index (χ1) is 18.1. The van der Waals surface area contributed by atoms with Crippen LogP contribution in [0.15, 0.2) is 115 Å². The van der Waals surface area contributed by atoms with Crippen molar-refractivity contribution >= 4 is 32.7 Å². The summed E-state index contributed by atoms with van der Waals surface area (Å²) in [5.41, 5.74) is 12.7. The van der Waals surface area contributed by atoms with Gasteiger partial charge in [0.05, 0.1) is 16.7 Å². The number of nitrogens with zero attached hydrogens (tertiary/aromatic N) is 1. The fourth-order valence-corrected chi connectivity index (χ4v) is 6.61. The van der Waals surface area contributed by atoms with E-state index in [-0.39, 0.29) is 5.41 Å². The number of hydrogen-bond donors (Lipinski definition) is 1. The maximum atomic E-state index is 3.74. The van der Waals surface area contributed by atoms with Gasteiger partial charge in [-0.15, -0.1) is 0 Å². The smallest absolute Gasteiger partial charge is 0.0541 e. The number of benzene rings is 5. The van der Waals surface area contributed by atoms with Crippen molar-refractivity contribution in [3.05, 3.63) is 126 Å². The highest BCUT2D eigenvalue weighted by Crippen LogP contribution is 2.51. The predicted molar refractivity (Wildman–Crippen MR) is 156 cm³/mol. The predicted octanol–water partition coefficient (Wildman–Crippen LogP) is 9.24. The Kier molecular flexibility index (Phi) is 4.03. The Balaban J connectivity index is 1.35. The summed E-state index contributed by atoms with van der Waals surface area (Å²) in [6.07, 6.45) is 0. The molecule has 1 N–H and O–H groups in total. The van der Waals surface area contributed by atoms with Crippen LogP contribution >= 0.6 is 0 Å². The number of aromatic amines is 1. The van der Waals surface area contributed by atoms with Crippen molar-refractivity contribution in [2.24, 2.45) is 0 Å². The molecule has 0 aliphatic heterocycles. The average Bonchev–Trinajstić information content (AvgIpc) is 3.55. The minimum atomic E-state index is -0.0319. The van der Waals surface area contributed by atoms with Gasteiger partial charge in [-0.2, -0.15) is 0 Å². The van der Waals surface area contributed by atoms with E-state index >= 15 is 0 Å². The van der Waals surface area contributed by atoms with Gasteiger partial charge in [0.25, 0.3) is 0 Å². The molecule has 0 bridgehead atoms. The number of nitrogens with one attached hydrogen (secondary N) is 1. The fourth-order valence-electron chi connectivity index (χ4n) is 6.61. The lowest BCUT2D eigenvalue weighted by Gasteiger charge is -2.21. The SMILES string of the molecule is CC1(C)c2ccccc2-c2[nH]c3ccc(-c4ccc5c(c4)c4ccccc4n5-c4ccccc4)cc3c21. The van der Waals surface area contributed by atoms with Crippen molar-refractivity contribution in [1.82, 2.24) is 9.55 Å². The second-order valence-corrected chi connectivity index (χ2v) is 10.7. The van der Waals surface area contributed by atoms with Gasteiger partial charge in [0.15, 0.2) is 0 Å². The minimum absolute atomic E-state index is 0.0319.